The molecule has 0 amide bonds. The average Bonchev–Trinajstić information content (AvgIpc) is 3.52. The van der Waals surface area contributed by atoms with Crippen LogP contribution in [0, 0.1) is 34.0 Å². The van der Waals surface area contributed by atoms with E-state index in [0.717, 1.165) is 49.7 Å². The fraction of sp³-hybridized carbons (Fsp3) is 0. The first-order valence-electron chi connectivity index (χ1n) is 16.7. The fourth-order valence-corrected chi connectivity index (χ4v) is 7.70. The molecule has 234 valence electrons. The highest BCUT2D eigenvalue weighted by molar-refractivity contribution is 6.22. The number of fused-ring (bicyclic) bond motifs is 5. The number of aromatic nitrogens is 1. The van der Waals surface area contributed by atoms with Gasteiger partial charge in [0.15, 0.2) is 0 Å². The van der Waals surface area contributed by atoms with Gasteiger partial charge in [-0.15, -0.1) is 0 Å². The molecule has 0 fully saturated rings. The SMILES string of the molecule is N#Cc1ccc2c(c1)c1cc(C#N)ccc1n2-c1ccc(-c2ccccc2-c2c3ccccc3c(-c3ccccc3)c3ccccc23)cc1C#N. The van der Waals surface area contributed by atoms with E-state index in [2.05, 4.69) is 126 Å². The molecule has 9 aromatic rings. The summed E-state index contributed by atoms with van der Waals surface area (Å²) >= 11 is 0. The van der Waals surface area contributed by atoms with Crippen LogP contribution >= 0.6 is 0 Å². The predicted octanol–water partition coefficient (Wildman–Crippen LogP) is 11.7. The minimum Gasteiger partial charge on any atom is -0.308 e. The zero-order valence-corrected chi connectivity index (χ0v) is 27.3. The summed E-state index contributed by atoms with van der Waals surface area (Å²) in [5.74, 6) is 0. The molecule has 1 heterocycles. The highest BCUT2D eigenvalue weighted by atomic mass is 15.0. The molecule has 0 saturated heterocycles. The largest absolute Gasteiger partial charge is 0.308 e. The maximum absolute atomic E-state index is 10.7. The van der Waals surface area contributed by atoms with E-state index in [-0.39, 0.29) is 0 Å². The average molecular weight is 647 g/mol. The smallest absolute Gasteiger partial charge is 0.101 e. The lowest BCUT2D eigenvalue weighted by Crippen LogP contribution is -1.98. The Labute approximate surface area is 294 Å². The van der Waals surface area contributed by atoms with Gasteiger partial charge in [0, 0.05) is 10.8 Å². The summed E-state index contributed by atoms with van der Waals surface area (Å²) in [6.07, 6.45) is 0. The van der Waals surface area contributed by atoms with Gasteiger partial charge in [0.25, 0.3) is 0 Å². The van der Waals surface area contributed by atoms with Crippen LogP contribution in [0.3, 0.4) is 0 Å². The highest BCUT2D eigenvalue weighted by Gasteiger charge is 2.21. The second-order valence-electron chi connectivity index (χ2n) is 12.6. The summed E-state index contributed by atoms with van der Waals surface area (Å²) in [5, 5.41) is 36.4. The zero-order valence-electron chi connectivity index (χ0n) is 27.3. The second kappa shape index (κ2) is 11.9. The topological polar surface area (TPSA) is 76.3 Å². The van der Waals surface area contributed by atoms with Crippen LogP contribution < -0.4 is 0 Å². The van der Waals surface area contributed by atoms with Gasteiger partial charge in [-0.05, 0) is 103 Å². The molecule has 0 aliphatic heterocycles. The molecule has 0 bridgehead atoms. The monoisotopic (exact) mass is 646 g/mol. The summed E-state index contributed by atoms with van der Waals surface area (Å²) in [7, 11) is 0. The summed E-state index contributed by atoms with van der Waals surface area (Å²) in [6.45, 7) is 0. The normalized spacial score (nSPS) is 11.1. The summed E-state index contributed by atoms with van der Waals surface area (Å²) in [5.41, 5.74) is 10.6. The van der Waals surface area contributed by atoms with E-state index in [1.807, 2.05) is 42.5 Å². The van der Waals surface area contributed by atoms with Crippen molar-refractivity contribution >= 4 is 43.4 Å². The Morgan fingerprint density at radius 1 is 0.373 bits per heavy atom. The van der Waals surface area contributed by atoms with Crippen molar-refractivity contribution in [3.05, 3.63) is 174 Å². The van der Waals surface area contributed by atoms with Gasteiger partial charge in [0.05, 0.1) is 45.5 Å². The van der Waals surface area contributed by atoms with Crippen molar-refractivity contribution in [3.8, 4) is 57.3 Å². The van der Waals surface area contributed by atoms with E-state index < -0.39 is 0 Å². The van der Waals surface area contributed by atoms with Gasteiger partial charge in [0.2, 0.25) is 0 Å². The van der Waals surface area contributed by atoms with E-state index in [1.165, 1.54) is 32.7 Å². The maximum Gasteiger partial charge on any atom is 0.101 e. The first-order valence-corrected chi connectivity index (χ1v) is 16.7. The van der Waals surface area contributed by atoms with Crippen molar-refractivity contribution in [2.75, 3.05) is 0 Å². The Kier molecular flexibility index (Phi) is 6.93. The van der Waals surface area contributed by atoms with Crippen LogP contribution in [0.1, 0.15) is 16.7 Å². The van der Waals surface area contributed by atoms with Gasteiger partial charge in [-0.3, -0.25) is 0 Å². The third-order valence-electron chi connectivity index (χ3n) is 9.88. The lowest BCUT2D eigenvalue weighted by Gasteiger charge is -2.20. The Morgan fingerprint density at radius 3 is 1.43 bits per heavy atom. The van der Waals surface area contributed by atoms with Crippen molar-refractivity contribution in [3.63, 3.8) is 0 Å². The number of nitriles is 3. The number of hydrogen-bond donors (Lipinski definition) is 0. The van der Waals surface area contributed by atoms with Crippen LogP contribution in [-0.2, 0) is 0 Å². The molecule has 0 atom stereocenters. The Morgan fingerprint density at radius 2 is 0.882 bits per heavy atom. The van der Waals surface area contributed by atoms with E-state index >= 15 is 0 Å². The summed E-state index contributed by atoms with van der Waals surface area (Å²) < 4.78 is 2.06. The molecule has 51 heavy (non-hydrogen) atoms. The lowest BCUT2D eigenvalue weighted by atomic mass is 9.83. The lowest BCUT2D eigenvalue weighted by molar-refractivity contribution is 1.17. The molecular weight excluding hydrogens is 621 g/mol. The quantitative estimate of drug-likeness (QED) is 0.179. The molecule has 0 saturated carbocycles. The molecule has 4 heteroatoms. The molecule has 0 aliphatic carbocycles. The molecule has 8 aromatic carbocycles. The first-order chi connectivity index (χ1) is 25.2. The van der Waals surface area contributed by atoms with E-state index in [4.69, 9.17) is 0 Å². The van der Waals surface area contributed by atoms with Gasteiger partial charge in [0.1, 0.15) is 6.07 Å². The minimum absolute atomic E-state index is 0.518. The van der Waals surface area contributed by atoms with Crippen LogP contribution in [0.25, 0.3) is 82.4 Å². The van der Waals surface area contributed by atoms with E-state index in [9.17, 15) is 15.8 Å². The second-order valence-corrected chi connectivity index (χ2v) is 12.6. The number of rotatable bonds is 4. The molecule has 0 radical (unpaired) electrons. The van der Waals surface area contributed by atoms with Gasteiger partial charge in [-0.1, -0.05) is 109 Å². The van der Waals surface area contributed by atoms with Gasteiger partial charge in [-0.25, -0.2) is 0 Å². The van der Waals surface area contributed by atoms with Crippen molar-refractivity contribution in [2.24, 2.45) is 0 Å². The van der Waals surface area contributed by atoms with Crippen LogP contribution in [0.5, 0.6) is 0 Å². The summed E-state index contributed by atoms with van der Waals surface area (Å²) in [6, 6.07) is 60.4. The zero-order chi connectivity index (χ0) is 34.5. The molecule has 4 nitrogen and oxygen atoms in total. The molecular formula is C47H26N4. The van der Waals surface area contributed by atoms with Crippen molar-refractivity contribution in [1.82, 2.24) is 4.57 Å². The summed E-state index contributed by atoms with van der Waals surface area (Å²) in [4.78, 5) is 0. The number of hydrogen-bond acceptors (Lipinski definition) is 3. The number of nitrogens with zero attached hydrogens (tertiary/aromatic N) is 4. The third-order valence-corrected chi connectivity index (χ3v) is 9.88. The predicted molar refractivity (Wildman–Crippen MR) is 206 cm³/mol. The Hall–Kier alpha value is -7.45. The molecule has 0 aliphatic rings. The van der Waals surface area contributed by atoms with Crippen LogP contribution in [0.2, 0.25) is 0 Å². The van der Waals surface area contributed by atoms with Crippen molar-refractivity contribution < 1.29 is 0 Å². The number of benzene rings is 8. The fourth-order valence-electron chi connectivity index (χ4n) is 7.70. The van der Waals surface area contributed by atoms with Gasteiger partial charge in [-0.2, -0.15) is 15.8 Å². The van der Waals surface area contributed by atoms with Gasteiger partial charge < -0.3 is 4.57 Å². The van der Waals surface area contributed by atoms with E-state index in [1.54, 1.807) is 12.1 Å². The standard InChI is InChI=1S/C47H26N4/c48-27-30-18-21-44-41(24-30)42-25-31(28-49)19-22-45(42)51(44)43-23-20-33(26-34(43)29-50)35-12-4-5-13-36(35)47-39-16-8-6-14-37(39)46(32-10-2-1-3-11-32)38-15-7-9-17-40(38)47/h1-26H. The molecule has 0 N–H and O–H groups in total. The minimum atomic E-state index is 0.518. The van der Waals surface area contributed by atoms with Crippen LogP contribution in [0.15, 0.2) is 158 Å². The van der Waals surface area contributed by atoms with Crippen LogP contribution in [-0.4, -0.2) is 4.57 Å². The first kappa shape index (κ1) is 29.7. The third kappa shape index (κ3) is 4.66. The van der Waals surface area contributed by atoms with Crippen molar-refractivity contribution in [2.45, 2.75) is 0 Å². The Balaban J connectivity index is 1.28. The maximum atomic E-state index is 10.7. The Bertz CT molecular complexity index is 2870. The van der Waals surface area contributed by atoms with Crippen molar-refractivity contribution in [1.29, 1.82) is 15.8 Å². The molecule has 0 spiro atoms. The van der Waals surface area contributed by atoms with E-state index in [0.29, 0.717) is 16.7 Å². The van der Waals surface area contributed by atoms with Gasteiger partial charge >= 0.3 is 0 Å². The van der Waals surface area contributed by atoms with Crippen LogP contribution in [0.4, 0.5) is 0 Å². The molecule has 0 unspecified atom stereocenters. The highest BCUT2D eigenvalue weighted by Crippen LogP contribution is 2.46. The molecule has 9 rings (SSSR count). The molecule has 1 aromatic heterocycles.